The minimum absolute atomic E-state index is 0.218. The lowest BCUT2D eigenvalue weighted by Crippen LogP contribution is -2.29. The van der Waals surface area contributed by atoms with Gasteiger partial charge in [0, 0.05) is 37.2 Å². The number of nitrogens with zero attached hydrogens (tertiary/aromatic N) is 2. The normalized spacial score (nSPS) is 10.5. The smallest absolute Gasteiger partial charge is 0.319 e. The summed E-state index contributed by atoms with van der Waals surface area (Å²) in [4.78, 5) is 24.1. The van der Waals surface area contributed by atoms with Crippen LogP contribution in [0.3, 0.4) is 0 Å². The van der Waals surface area contributed by atoms with Crippen molar-refractivity contribution in [3.05, 3.63) is 48.7 Å². The van der Waals surface area contributed by atoms with Gasteiger partial charge >= 0.3 is 6.03 Å². The Morgan fingerprint density at radius 3 is 2.75 bits per heavy atom. The van der Waals surface area contributed by atoms with Crippen LogP contribution >= 0.6 is 11.3 Å². The molecular weight excluding hydrogens is 324 g/mol. The molecule has 3 rings (SSSR count). The number of imidazole rings is 1. The molecule has 124 valence electrons. The summed E-state index contributed by atoms with van der Waals surface area (Å²) in [6.45, 7) is 0.588. The molecule has 0 atom stereocenters. The Morgan fingerprint density at radius 2 is 2.08 bits per heavy atom. The number of aryl methyl sites for hydroxylation is 1. The van der Waals surface area contributed by atoms with E-state index in [9.17, 15) is 4.79 Å². The molecule has 8 heteroatoms. The molecule has 0 aliphatic rings. The van der Waals surface area contributed by atoms with E-state index >= 15 is 0 Å². The van der Waals surface area contributed by atoms with Crippen molar-refractivity contribution in [3.8, 4) is 10.4 Å². The molecule has 2 heterocycles. The minimum atomic E-state index is -0.218. The molecule has 7 nitrogen and oxygen atoms in total. The Labute approximate surface area is 143 Å². The van der Waals surface area contributed by atoms with E-state index < -0.39 is 0 Å². The van der Waals surface area contributed by atoms with Gasteiger partial charge in [-0.25, -0.2) is 14.8 Å². The van der Waals surface area contributed by atoms with Crippen LogP contribution in [0.15, 0.2) is 42.9 Å². The fraction of sp³-hybridized carbons (Fsp3) is 0.188. The monoisotopic (exact) mass is 342 g/mol. The van der Waals surface area contributed by atoms with Gasteiger partial charge in [-0.3, -0.25) is 0 Å². The molecule has 1 aromatic carbocycles. The summed E-state index contributed by atoms with van der Waals surface area (Å²) in [5.41, 5.74) is 7.39. The van der Waals surface area contributed by atoms with E-state index in [1.165, 1.54) is 11.3 Å². The van der Waals surface area contributed by atoms with Gasteiger partial charge in [0.2, 0.25) is 0 Å². The fourth-order valence-corrected chi connectivity index (χ4v) is 2.90. The summed E-state index contributed by atoms with van der Waals surface area (Å²) in [5, 5.41) is 6.18. The number of nitrogen functional groups attached to an aromatic ring is 1. The van der Waals surface area contributed by atoms with Gasteiger partial charge in [0.15, 0.2) is 5.13 Å². The number of carbonyl (C=O) groups excluding carboxylic acids is 1. The van der Waals surface area contributed by atoms with Gasteiger partial charge in [0.25, 0.3) is 0 Å². The number of thiazole rings is 1. The third kappa shape index (κ3) is 4.32. The summed E-state index contributed by atoms with van der Waals surface area (Å²) in [6, 6.07) is 7.35. The van der Waals surface area contributed by atoms with E-state index in [0.717, 1.165) is 34.8 Å². The van der Waals surface area contributed by atoms with Crippen molar-refractivity contribution in [1.82, 2.24) is 20.3 Å². The van der Waals surface area contributed by atoms with Crippen LogP contribution in [0.25, 0.3) is 10.4 Å². The van der Waals surface area contributed by atoms with Gasteiger partial charge in [-0.15, -0.1) is 0 Å². The van der Waals surface area contributed by atoms with E-state index in [1.807, 2.05) is 24.3 Å². The third-order valence-corrected chi connectivity index (χ3v) is 4.26. The number of hydrogen-bond acceptors (Lipinski definition) is 5. The van der Waals surface area contributed by atoms with Crippen LogP contribution in [0.4, 0.5) is 15.6 Å². The molecule has 2 amide bonds. The van der Waals surface area contributed by atoms with Crippen molar-refractivity contribution in [2.45, 2.75) is 12.8 Å². The molecule has 0 aliphatic carbocycles. The van der Waals surface area contributed by atoms with Crippen LogP contribution < -0.4 is 16.4 Å². The summed E-state index contributed by atoms with van der Waals surface area (Å²) >= 11 is 1.43. The van der Waals surface area contributed by atoms with Crippen LogP contribution in [0.1, 0.15) is 12.2 Å². The second-order valence-corrected chi connectivity index (χ2v) is 6.22. The number of aromatic nitrogens is 3. The van der Waals surface area contributed by atoms with Gasteiger partial charge in [-0.2, -0.15) is 0 Å². The Bertz CT molecular complexity index is 781. The maximum absolute atomic E-state index is 11.9. The molecule has 0 aliphatic heterocycles. The molecular formula is C16H18N6OS. The van der Waals surface area contributed by atoms with E-state index in [4.69, 9.17) is 5.73 Å². The number of urea groups is 1. The highest BCUT2D eigenvalue weighted by molar-refractivity contribution is 7.18. The van der Waals surface area contributed by atoms with Crippen molar-refractivity contribution in [2.24, 2.45) is 0 Å². The zero-order chi connectivity index (χ0) is 16.8. The van der Waals surface area contributed by atoms with Crippen molar-refractivity contribution < 1.29 is 4.79 Å². The first-order valence-corrected chi connectivity index (χ1v) is 8.37. The highest BCUT2D eigenvalue weighted by Crippen LogP contribution is 2.28. The molecule has 0 saturated heterocycles. The van der Waals surface area contributed by atoms with Gasteiger partial charge < -0.3 is 21.4 Å². The summed E-state index contributed by atoms with van der Waals surface area (Å²) in [5.74, 6) is 0.927. The first kappa shape index (κ1) is 16.0. The number of carbonyl (C=O) groups is 1. The predicted octanol–water partition coefficient (Wildman–Crippen LogP) is 2.87. The number of anilines is 2. The SMILES string of the molecule is Nc1ncc(-c2ccc(NC(=O)NCCCc3ncc[nH]3)cc2)s1. The standard InChI is InChI=1S/C16H18N6OS/c17-15-21-10-13(24-15)11-3-5-12(6-4-11)22-16(23)20-7-1-2-14-18-8-9-19-14/h3-6,8-10H,1-2,7H2,(H2,17,21)(H,18,19)(H2,20,22,23). The minimum Gasteiger partial charge on any atom is -0.375 e. The second-order valence-electron chi connectivity index (χ2n) is 5.16. The Kier molecular flexibility index (Phi) is 5.07. The number of H-pyrrole nitrogens is 1. The van der Waals surface area contributed by atoms with Gasteiger partial charge in [0.1, 0.15) is 5.82 Å². The summed E-state index contributed by atoms with van der Waals surface area (Å²) in [6.07, 6.45) is 6.89. The molecule has 24 heavy (non-hydrogen) atoms. The highest BCUT2D eigenvalue weighted by Gasteiger charge is 2.04. The average molecular weight is 342 g/mol. The van der Waals surface area contributed by atoms with E-state index in [-0.39, 0.29) is 6.03 Å². The predicted molar refractivity (Wildman–Crippen MR) is 95.9 cm³/mol. The largest absolute Gasteiger partial charge is 0.375 e. The quantitative estimate of drug-likeness (QED) is 0.516. The molecule has 0 unspecified atom stereocenters. The lowest BCUT2D eigenvalue weighted by atomic mass is 10.2. The van der Waals surface area contributed by atoms with Crippen LogP contribution in [-0.2, 0) is 6.42 Å². The van der Waals surface area contributed by atoms with Crippen LogP contribution in [0.5, 0.6) is 0 Å². The van der Waals surface area contributed by atoms with E-state index in [1.54, 1.807) is 18.6 Å². The molecule has 0 saturated carbocycles. The third-order valence-electron chi connectivity index (χ3n) is 3.38. The maximum atomic E-state index is 11.9. The number of rotatable bonds is 6. The first-order chi connectivity index (χ1) is 11.7. The Morgan fingerprint density at radius 1 is 1.25 bits per heavy atom. The van der Waals surface area contributed by atoms with E-state index in [0.29, 0.717) is 11.7 Å². The number of aromatic amines is 1. The average Bonchev–Trinajstić information content (AvgIpc) is 3.24. The number of amides is 2. The zero-order valence-electron chi connectivity index (χ0n) is 13.0. The summed E-state index contributed by atoms with van der Waals surface area (Å²) < 4.78 is 0. The van der Waals surface area contributed by atoms with Crippen LogP contribution in [0.2, 0.25) is 0 Å². The molecule has 0 bridgehead atoms. The molecule has 0 fully saturated rings. The van der Waals surface area contributed by atoms with E-state index in [2.05, 4.69) is 25.6 Å². The number of benzene rings is 1. The lowest BCUT2D eigenvalue weighted by molar-refractivity contribution is 0.252. The number of nitrogens with one attached hydrogen (secondary N) is 3. The number of hydrogen-bond donors (Lipinski definition) is 4. The fourth-order valence-electron chi connectivity index (χ4n) is 2.21. The van der Waals surface area contributed by atoms with Gasteiger partial charge in [-0.1, -0.05) is 23.5 Å². The molecule has 3 aromatic rings. The maximum Gasteiger partial charge on any atom is 0.319 e. The van der Waals surface area contributed by atoms with Crippen molar-refractivity contribution in [1.29, 1.82) is 0 Å². The Hall–Kier alpha value is -2.87. The molecule has 0 spiro atoms. The first-order valence-electron chi connectivity index (χ1n) is 7.55. The molecule has 2 aromatic heterocycles. The topological polar surface area (TPSA) is 109 Å². The Balaban J connectivity index is 1.44. The highest BCUT2D eigenvalue weighted by atomic mass is 32.1. The van der Waals surface area contributed by atoms with Gasteiger partial charge in [-0.05, 0) is 24.1 Å². The van der Waals surface area contributed by atoms with Crippen molar-refractivity contribution >= 4 is 28.2 Å². The second kappa shape index (κ2) is 7.60. The molecule has 5 N–H and O–H groups in total. The van der Waals surface area contributed by atoms with Gasteiger partial charge in [0.05, 0.1) is 4.88 Å². The summed E-state index contributed by atoms with van der Waals surface area (Å²) in [7, 11) is 0. The number of nitrogens with two attached hydrogens (primary N) is 1. The zero-order valence-corrected chi connectivity index (χ0v) is 13.8. The van der Waals surface area contributed by atoms with Crippen molar-refractivity contribution in [3.63, 3.8) is 0 Å². The van der Waals surface area contributed by atoms with Crippen LogP contribution in [0, 0.1) is 0 Å². The van der Waals surface area contributed by atoms with Crippen LogP contribution in [-0.4, -0.2) is 27.5 Å². The van der Waals surface area contributed by atoms with Crippen molar-refractivity contribution in [2.75, 3.05) is 17.6 Å². The lowest BCUT2D eigenvalue weighted by Gasteiger charge is -2.07. The molecule has 0 radical (unpaired) electrons.